The van der Waals surface area contributed by atoms with Crippen molar-refractivity contribution in [1.29, 1.82) is 0 Å². The number of nitrogens with zero attached hydrogens (tertiary/aromatic N) is 4. The van der Waals surface area contributed by atoms with Crippen LogP contribution in [-0.2, 0) is 0 Å². The average Bonchev–Trinajstić information content (AvgIpc) is 2.81. The number of aryl methyl sites for hydroxylation is 1. The molecule has 0 spiro atoms. The smallest absolute Gasteiger partial charge is 0.353 e. The van der Waals surface area contributed by atoms with Crippen molar-refractivity contribution in [1.82, 2.24) is 15.0 Å². The van der Waals surface area contributed by atoms with Gasteiger partial charge in [-0.25, -0.2) is 15.0 Å². The molecule has 0 saturated heterocycles. The lowest BCUT2D eigenvalue weighted by atomic mass is 10.0. The van der Waals surface area contributed by atoms with Gasteiger partial charge in [-0.2, -0.15) is 0 Å². The standard InChI is InChI=1S/C26H42N6O2/c1-3-4-5-6-7-8-9-10-11-12-13-14-15-16-20-27-25-24(32(33)34)26(29-21-28-25)31-23-19-17-18-22(2)30-23/h17-19,21H,3-16,20H2,1-2H3,(H2,27,28,29,30,31). The Morgan fingerprint density at radius 1 is 0.824 bits per heavy atom. The van der Waals surface area contributed by atoms with Gasteiger partial charge in [0.2, 0.25) is 11.6 Å². The van der Waals surface area contributed by atoms with E-state index in [-0.39, 0.29) is 17.3 Å². The highest BCUT2D eigenvalue weighted by atomic mass is 16.6. The lowest BCUT2D eigenvalue weighted by Crippen LogP contribution is -2.09. The van der Waals surface area contributed by atoms with Gasteiger partial charge in [0.15, 0.2) is 0 Å². The van der Waals surface area contributed by atoms with E-state index in [1.54, 1.807) is 6.07 Å². The van der Waals surface area contributed by atoms with Crippen molar-refractivity contribution in [3.05, 3.63) is 40.3 Å². The Balaban J connectivity index is 1.61. The van der Waals surface area contributed by atoms with E-state index < -0.39 is 4.92 Å². The molecule has 0 atom stereocenters. The second kappa shape index (κ2) is 16.8. The molecule has 34 heavy (non-hydrogen) atoms. The molecule has 2 aromatic heterocycles. The van der Waals surface area contributed by atoms with Crippen LogP contribution in [0.2, 0.25) is 0 Å². The van der Waals surface area contributed by atoms with Crippen LogP contribution in [0, 0.1) is 17.0 Å². The molecular formula is C26H42N6O2. The Morgan fingerprint density at radius 3 is 1.94 bits per heavy atom. The van der Waals surface area contributed by atoms with E-state index in [0.29, 0.717) is 12.4 Å². The lowest BCUT2D eigenvalue weighted by molar-refractivity contribution is -0.383. The fourth-order valence-electron chi connectivity index (χ4n) is 4.03. The number of nitrogens with one attached hydrogen (secondary N) is 2. The van der Waals surface area contributed by atoms with Crippen molar-refractivity contribution >= 4 is 23.1 Å². The van der Waals surface area contributed by atoms with Gasteiger partial charge in [0.25, 0.3) is 0 Å². The van der Waals surface area contributed by atoms with Crippen LogP contribution in [0.25, 0.3) is 0 Å². The van der Waals surface area contributed by atoms with Crippen molar-refractivity contribution in [3.63, 3.8) is 0 Å². The van der Waals surface area contributed by atoms with Crippen molar-refractivity contribution in [3.8, 4) is 0 Å². The third-order valence-corrected chi connectivity index (χ3v) is 5.96. The van der Waals surface area contributed by atoms with E-state index in [4.69, 9.17) is 0 Å². The van der Waals surface area contributed by atoms with Crippen LogP contribution in [0.3, 0.4) is 0 Å². The highest BCUT2D eigenvalue weighted by molar-refractivity contribution is 5.72. The molecule has 0 aliphatic carbocycles. The summed E-state index contributed by atoms with van der Waals surface area (Å²) in [4.78, 5) is 23.7. The highest BCUT2D eigenvalue weighted by Gasteiger charge is 2.23. The minimum Gasteiger partial charge on any atom is -0.364 e. The summed E-state index contributed by atoms with van der Waals surface area (Å²) in [6.45, 7) is 4.78. The molecule has 0 aliphatic heterocycles. The number of pyridine rings is 1. The fourth-order valence-corrected chi connectivity index (χ4v) is 4.03. The molecule has 188 valence electrons. The summed E-state index contributed by atoms with van der Waals surface area (Å²) in [5, 5.41) is 17.8. The highest BCUT2D eigenvalue weighted by Crippen LogP contribution is 2.30. The molecule has 2 heterocycles. The number of nitro groups is 1. The number of unbranched alkanes of at least 4 members (excludes halogenated alkanes) is 13. The normalized spacial score (nSPS) is 10.9. The van der Waals surface area contributed by atoms with E-state index >= 15 is 0 Å². The molecule has 0 radical (unpaired) electrons. The second-order valence-electron chi connectivity index (χ2n) is 8.99. The van der Waals surface area contributed by atoms with Crippen molar-refractivity contribution in [2.75, 3.05) is 17.2 Å². The Labute approximate surface area is 204 Å². The van der Waals surface area contributed by atoms with E-state index in [9.17, 15) is 10.1 Å². The quantitative estimate of drug-likeness (QED) is 0.123. The van der Waals surface area contributed by atoms with E-state index in [1.807, 2.05) is 19.1 Å². The molecule has 0 aromatic carbocycles. The largest absolute Gasteiger partial charge is 0.364 e. The molecule has 2 rings (SSSR count). The van der Waals surface area contributed by atoms with Gasteiger partial charge < -0.3 is 10.6 Å². The molecule has 8 heteroatoms. The predicted octanol–water partition coefficient (Wildman–Crippen LogP) is 7.73. The van der Waals surface area contributed by atoms with Gasteiger partial charge >= 0.3 is 5.69 Å². The van der Waals surface area contributed by atoms with Gasteiger partial charge in [-0.3, -0.25) is 10.1 Å². The summed E-state index contributed by atoms with van der Waals surface area (Å²) in [6.07, 6.45) is 19.6. The van der Waals surface area contributed by atoms with Crippen LogP contribution >= 0.6 is 0 Å². The Hall–Kier alpha value is -2.77. The van der Waals surface area contributed by atoms with Gasteiger partial charge in [0, 0.05) is 12.2 Å². The summed E-state index contributed by atoms with van der Waals surface area (Å²) in [5.74, 6) is 0.895. The first-order chi connectivity index (χ1) is 16.6. The predicted molar refractivity (Wildman–Crippen MR) is 140 cm³/mol. The van der Waals surface area contributed by atoms with Gasteiger partial charge in [0.1, 0.15) is 12.1 Å². The molecule has 0 saturated carbocycles. The number of rotatable bonds is 19. The Morgan fingerprint density at radius 2 is 1.38 bits per heavy atom. The maximum absolute atomic E-state index is 11.7. The van der Waals surface area contributed by atoms with Crippen molar-refractivity contribution in [2.45, 2.75) is 104 Å². The molecule has 0 aliphatic rings. The molecule has 0 fully saturated rings. The summed E-state index contributed by atoms with van der Waals surface area (Å²) in [5.41, 5.74) is 0.661. The summed E-state index contributed by atoms with van der Waals surface area (Å²) < 4.78 is 0. The van der Waals surface area contributed by atoms with Crippen LogP contribution in [0.15, 0.2) is 24.5 Å². The van der Waals surface area contributed by atoms with Crippen LogP contribution in [0.4, 0.5) is 23.1 Å². The number of hydrogen-bond acceptors (Lipinski definition) is 7. The zero-order valence-electron chi connectivity index (χ0n) is 21.0. The first-order valence-electron chi connectivity index (χ1n) is 13.1. The zero-order valence-corrected chi connectivity index (χ0v) is 21.0. The monoisotopic (exact) mass is 470 g/mol. The molecule has 8 nitrogen and oxygen atoms in total. The summed E-state index contributed by atoms with van der Waals surface area (Å²) in [6, 6.07) is 5.45. The third-order valence-electron chi connectivity index (χ3n) is 5.96. The SMILES string of the molecule is CCCCCCCCCCCCCCCCNc1ncnc(Nc2cccc(C)n2)c1[N+](=O)[O-]. The lowest BCUT2D eigenvalue weighted by Gasteiger charge is -2.10. The first kappa shape index (κ1) is 27.5. The van der Waals surface area contributed by atoms with Crippen molar-refractivity contribution in [2.24, 2.45) is 0 Å². The first-order valence-corrected chi connectivity index (χ1v) is 13.1. The van der Waals surface area contributed by atoms with Gasteiger partial charge in [-0.05, 0) is 25.5 Å². The molecule has 2 N–H and O–H groups in total. The van der Waals surface area contributed by atoms with Gasteiger partial charge in [0.05, 0.1) is 4.92 Å². The zero-order chi connectivity index (χ0) is 24.4. The van der Waals surface area contributed by atoms with Crippen LogP contribution in [0.1, 0.15) is 103 Å². The third kappa shape index (κ3) is 10.9. The molecular weight excluding hydrogens is 428 g/mol. The minimum absolute atomic E-state index is 0.140. The van der Waals surface area contributed by atoms with E-state index in [0.717, 1.165) is 18.5 Å². The maximum atomic E-state index is 11.7. The number of anilines is 3. The molecule has 2 aromatic rings. The number of hydrogen-bond donors (Lipinski definition) is 2. The van der Waals surface area contributed by atoms with E-state index in [1.165, 1.54) is 83.4 Å². The van der Waals surface area contributed by atoms with Crippen LogP contribution < -0.4 is 10.6 Å². The van der Waals surface area contributed by atoms with E-state index in [2.05, 4.69) is 32.5 Å². The van der Waals surface area contributed by atoms with Crippen LogP contribution in [0.5, 0.6) is 0 Å². The van der Waals surface area contributed by atoms with Crippen LogP contribution in [-0.4, -0.2) is 26.4 Å². The van der Waals surface area contributed by atoms with Crippen molar-refractivity contribution < 1.29 is 4.92 Å². The fraction of sp³-hybridized carbons (Fsp3) is 0.654. The van der Waals surface area contributed by atoms with Gasteiger partial charge in [-0.1, -0.05) is 96.5 Å². The summed E-state index contributed by atoms with van der Waals surface area (Å²) >= 11 is 0. The Bertz CT molecular complexity index is 846. The number of aromatic nitrogens is 3. The Kier molecular flexibility index (Phi) is 13.6. The topological polar surface area (TPSA) is 106 Å². The average molecular weight is 471 g/mol. The molecule has 0 amide bonds. The maximum Gasteiger partial charge on any atom is 0.353 e. The second-order valence-corrected chi connectivity index (χ2v) is 8.99. The summed E-state index contributed by atoms with van der Waals surface area (Å²) in [7, 11) is 0. The minimum atomic E-state index is -0.453. The molecule has 0 bridgehead atoms. The molecule has 0 unspecified atom stereocenters. The van der Waals surface area contributed by atoms with Gasteiger partial charge in [-0.15, -0.1) is 0 Å².